The number of amidine groups is 1. The molecule has 3 aromatic rings. The summed E-state index contributed by atoms with van der Waals surface area (Å²) in [7, 11) is 0. The Kier molecular flexibility index (Phi) is 10.0. The number of piperidine rings is 1. The quantitative estimate of drug-likeness (QED) is 0.143. The molecule has 1 saturated heterocycles. The van der Waals surface area contributed by atoms with Gasteiger partial charge in [-0.25, -0.2) is 0 Å². The molecule has 3 unspecified atom stereocenters. The minimum absolute atomic E-state index is 0.0268. The molecular weight excluding hydrogens is 534 g/mol. The van der Waals surface area contributed by atoms with E-state index in [4.69, 9.17) is 11.1 Å². The first kappa shape index (κ1) is 31.0. The van der Waals surface area contributed by atoms with Crippen molar-refractivity contribution in [3.05, 3.63) is 63.9 Å². The number of pyridine rings is 1. The first-order valence-corrected chi connectivity index (χ1v) is 16.5. The van der Waals surface area contributed by atoms with Crippen LogP contribution in [0.25, 0.3) is 22.0 Å². The molecule has 5 N–H and O–H groups in total. The number of aromatic nitrogens is 1. The van der Waals surface area contributed by atoms with Gasteiger partial charge in [-0.3, -0.25) is 19.9 Å². The first-order valence-electron chi connectivity index (χ1n) is 16.5. The van der Waals surface area contributed by atoms with Gasteiger partial charge in [0.05, 0.1) is 5.52 Å². The van der Waals surface area contributed by atoms with E-state index >= 15 is 0 Å². The van der Waals surface area contributed by atoms with Crippen LogP contribution in [-0.2, 0) is 4.79 Å². The molecule has 1 amide bonds. The molecule has 0 spiro atoms. The first-order chi connectivity index (χ1) is 20.7. The van der Waals surface area contributed by atoms with Crippen molar-refractivity contribution in [3.63, 3.8) is 0 Å². The Morgan fingerprint density at radius 1 is 1.05 bits per heavy atom. The van der Waals surface area contributed by atoms with Gasteiger partial charge in [0.1, 0.15) is 5.84 Å². The standard InChI is InChI=1S/C36H49N5O2/c1-4-5-17-33(41-23(2)11-9-12-24(41)3)31-20-28(39-34(42)18-25-13-7-6-8-14-25)21-32-30(31)22-29(36(43)40-32)26-15-10-16-27(19-26)35(37)38/h10,15-16,19-25,33H,4-9,11-14,17-18H2,1-3H3,(H3,37,38)(H,39,42)(H,40,43). The lowest BCUT2D eigenvalue weighted by molar-refractivity contribution is -0.117. The summed E-state index contributed by atoms with van der Waals surface area (Å²) in [6.07, 6.45) is 13.3. The smallest absolute Gasteiger partial charge is 0.256 e. The minimum atomic E-state index is -0.199. The topological polar surface area (TPSA) is 115 Å². The van der Waals surface area contributed by atoms with E-state index in [1.165, 1.54) is 38.5 Å². The van der Waals surface area contributed by atoms with Gasteiger partial charge in [-0.1, -0.05) is 63.6 Å². The summed E-state index contributed by atoms with van der Waals surface area (Å²) >= 11 is 0. The highest BCUT2D eigenvalue weighted by Crippen LogP contribution is 2.40. The van der Waals surface area contributed by atoms with Crippen molar-refractivity contribution < 1.29 is 4.79 Å². The lowest BCUT2D eigenvalue weighted by Gasteiger charge is -2.45. The second-order valence-electron chi connectivity index (χ2n) is 13.0. The van der Waals surface area contributed by atoms with Gasteiger partial charge in [-0.05, 0) is 87.3 Å². The summed E-state index contributed by atoms with van der Waals surface area (Å²) in [5, 5.41) is 12.1. The van der Waals surface area contributed by atoms with Crippen molar-refractivity contribution in [1.82, 2.24) is 9.88 Å². The van der Waals surface area contributed by atoms with Crippen molar-refractivity contribution >= 4 is 28.3 Å². The average molecular weight is 584 g/mol. The number of rotatable bonds is 10. The predicted molar refractivity (Wildman–Crippen MR) is 178 cm³/mol. The maximum absolute atomic E-state index is 13.5. The van der Waals surface area contributed by atoms with E-state index in [0.29, 0.717) is 35.5 Å². The number of H-pyrrole nitrogens is 1. The highest BCUT2D eigenvalue weighted by molar-refractivity contribution is 5.97. The van der Waals surface area contributed by atoms with Crippen molar-refractivity contribution in [2.24, 2.45) is 11.7 Å². The van der Waals surface area contributed by atoms with Gasteiger partial charge in [0.15, 0.2) is 0 Å². The number of anilines is 1. The Labute approximate surface area is 256 Å². The van der Waals surface area contributed by atoms with E-state index in [2.05, 4.69) is 42.0 Å². The van der Waals surface area contributed by atoms with Gasteiger partial charge in [0, 0.05) is 46.7 Å². The Balaban J connectivity index is 1.63. The number of hydrogen-bond acceptors (Lipinski definition) is 4. The molecule has 1 aromatic heterocycles. The van der Waals surface area contributed by atoms with E-state index in [9.17, 15) is 9.59 Å². The molecule has 0 bridgehead atoms. The summed E-state index contributed by atoms with van der Waals surface area (Å²) in [6, 6.07) is 14.5. The summed E-state index contributed by atoms with van der Waals surface area (Å²) in [4.78, 5) is 32.6. The van der Waals surface area contributed by atoms with Crippen LogP contribution in [0.4, 0.5) is 5.69 Å². The number of nitrogens with zero attached hydrogens (tertiary/aromatic N) is 1. The molecule has 43 heavy (non-hydrogen) atoms. The van der Waals surface area contributed by atoms with Gasteiger partial charge < -0.3 is 16.0 Å². The molecule has 3 atom stereocenters. The van der Waals surface area contributed by atoms with Gasteiger partial charge >= 0.3 is 0 Å². The number of amides is 1. The Morgan fingerprint density at radius 2 is 1.79 bits per heavy atom. The van der Waals surface area contributed by atoms with E-state index in [1.54, 1.807) is 6.07 Å². The van der Waals surface area contributed by atoms with Crippen LogP contribution < -0.4 is 16.6 Å². The van der Waals surface area contributed by atoms with Crippen molar-refractivity contribution in [1.29, 1.82) is 5.41 Å². The van der Waals surface area contributed by atoms with Crippen molar-refractivity contribution in [2.45, 2.75) is 116 Å². The van der Waals surface area contributed by atoms with E-state index in [0.717, 1.165) is 59.8 Å². The van der Waals surface area contributed by atoms with Gasteiger partial charge in [-0.15, -0.1) is 0 Å². The van der Waals surface area contributed by atoms with E-state index in [1.807, 2.05) is 30.3 Å². The van der Waals surface area contributed by atoms with Crippen LogP contribution in [0.2, 0.25) is 0 Å². The molecule has 7 heteroatoms. The summed E-state index contributed by atoms with van der Waals surface area (Å²) in [5.74, 6) is 0.484. The Hall–Kier alpha value is -3.45. The summed E-state index contributed by atoms with van der Waals surface area (Å²) in [6.45, 7) is 6.91. The third-order valence-corrected chi connectivity index (χ3v) is 9.77. The van der Waals surface area contributed by atoms with Crippen LogP contribution in [0, 0.1) is 11.3 Å². The lowest BCUT2D eigenvalue weighted by Crippen LogP contribution is -2.46. The second-order valence-corrected chi connectivity index (χ2v) is 13.0. The molecule has 7 nitrogen and oxygen atoms in total. The molecule has 1 saturated carbocycles. The zero-order valence-electron chi connectivity index (χ0n) is 26.2. The number of nitrogens with two attached hydrogens (primary N) is 1. The molecule has 230 valence electrons. The highest BCUT2D eigenvalue weighted by Gasteiger charge is 2.33. The SMILES string of the molecule is CCCCC(c1cc(NC(=O)CC2CCCCC2)cc2[nH]c(=O)c(-c3cccc(C(=N)N)c3)cc12)N1C(C)CCCC1C. The molecule has 2 aliphatic rings. The van der Waals surface area contributed by atoms with E-state index < -0.39 is 0 Å². The molecule has 2 heterocycles. The fraction of sp³-hybridized carbons (Fsp3) is 0.528. The maximum Gasteiger partial charge on any atom is 0.256 e. The third-order valence-electron chi connectivity index (χ3n) is 9.77. The molecule has 1 aliphatic carbocycles. The fourth-order valence-corrected chi connectivity index (χ4v) is 7.54. The number of hydrogen-bond donors (Lipinski definition) is 4. The van der Waals surface area contributed by atoms with Crippen LogP contribution in [0.1, 0.15) is 115 Å². The number of unbranched alkanes of at least 4 members (excludes halogenated alkanes) is 1. The molecule has 0 radical (unpaired) electrons. The number of nitrogen functional groups attached to an aromatic ring is 1. The summed E-state index contributed by atoms with van der Waals surface area (Å²) < 4.78 is 0. The van der Waals surface area contributed by atoms with Gasteiger partial charge in [0.2, 0.25) is 5.91 Å². The Bertz CT molecular complexity index is 1500. The van der Waals surface area contributed by atoms with E-state index in [-0.39, 0.29) is 23.3 Å². The van der Waals surface area contributed by atoms with Crippen LogP contribution in [0.15, 0.2) is 47.3 Å². The fourth-order valence-electron chi connectivity index (χ4n) is 7.54. The number of fused-ring (bicyclic) bond motifs is 1. The molecule has 2 aromatic carbocycles. The third kappa shape index (κ3) is 7.20. The number of benzene rings is 2. The van der Waals surface area contributed by atoms with Crippen molar-refractivity contribution in [2.75, 3.05) is 5.32 Å². The van der Waals surface area contributed by atoms with Gasteiger partial charge in [-0.2, -0.15) is 0 Å². The van der Waals surface area contributed by atoms with Crippen LogP contribution >= 0.6 is 0 Å². The summed E-state index contributed by atoms with van der Waals surface area (Å²) in [5.41, 5.74) is 10.1. The zero-order chi connectivity index (χ0) is 30.5. The zero-order valence-corrected chi connectivity index (χ0v) is 26.2. The largest absolute Gasteiger partial charge is 0.384 e. The van der Waals surface area contributed by atoms with Crippen molar-refractivity contribution in [3.8, 4) is 11.1 Å². The molecule has 2 fully saturated rings. The second kappa shape index (κ2) is 13.9. The number of carbonyl (C=O) groups excluding carboxylic acids is 1. The average Bonchev–Trinajstić information content (AvgIpc) is 2.98. The maximum atomic E-state index is 13.5. The number of carbonyl (C=O) groups is 1. The number of aromatic amines is 1. The van der Waals surface area contributed by atoms with Crippen LogP contribution in [0.5, 0.6) is 0 Å². The normalized spacial score (nSPS) is 20.6. The number of nitrogens with one attached hydrogen (secondary N) is 3. The van der Waals surface area contributed by atoms with Crippen LogP contribution in [-0.4, -0.2) is 33.7 Å². The molecule has 1 aliphatic heterocycles. The van der Waals surface area contributed by atoms with Gasteiger partial charge in [0.25, 0.3) is 5.56 Å². The molecule has 5 rings (SSSR count). The predicted octanol–water partition coefficient (Wildman–Crippen LogP) is 7.88. The monoisotopic (exact) mass is 583 g/mol. The van der Waals surface area contributed by atoms with Crippen LogP contribution in [0.3, 0.4) is 0 Å². The lowest BCUT2D eigenvalue weighted by atomic mass is 9.86. The minimum Gasteiger partial charge on any atom is -0.384 e. The molecular formula is C36H49N5O2. The highest BCUT2D eigenvalue weighted by atomic mass is 16.1. The Morgan fingerprint density at radius 3 is 2.49 bits per heavy atom. The number of likely N-dealkylation sites (tertiary alicyclic amines) is 1.